The second kappa shape index (κ2) is 10.8. The second-order valence-corrected chi connectivity index (χ2v) is 11.4. The highest BCUT2D eigenvalue weighted by molar-refractivity contribution is 5.79. The Morgan fingerprint density at radius 1 is 0.946 bits per heavy atom. The molecule has 0 aromatic heterocycles. The number of hydrogen-bond donors (Lipinski definition) is 2. The van der Waals surface area contributed by atoms with Crippen molar-refractivity contribution in [1.82, 2.24) is 9.80 Å². The Morgan fingerprint density at radius 3 is 2.14 bits per heavy atom. The molecule has 1 aromatic carbocycles. The normalized spacial score (nSPS) is 23.0. The van der Waals surface area contributed by atoms with Crippen molar-refractivity contribution in [1.29, 1.82) is 0 Å². The van der Waals surface area contributed by atoms with Crippen LogP contribution in [0.15, 0.2) is 18.2 Å². The molecule has 3 heterocycles. The van der Waals surface area contributed by atoms with Crippen molar-refractivity contribution in [3.8, 4) is 0 Å². The summed E-state index contributed by atoms with van der Waals surface area (Å²) >= 11 is 0. The van der Waals surface area contributed by atoms with Gasteiger partial charge in [-0.1, -0.05) is 6.07 Å². The number of carbonyl (C=O) groups is 2. The average Bonchev–Trinajstić information content (AvgIpc) is 3.39. The van der Waals surface area contributed by atoms with Gasteiger partial charge >= 0.3 is 12.1 Å². The summed E-state index contributed by atoms with van der Waals surface area (Å²) in [6.45, 7) is 7.30. The first kappa shape index (κ1) is 27.7. The first-order valence-electron chi connectivity index (χ1n) is 13.2. The second-order valence-electron chi connectivity index (χ2n) is 11.4. The van der Waals surface area contributed by atoms with Crippen LogP contribution in [0.25, 0.3) is 0 Å². The van der Waals surface area contributed by atoms with Crippen molar-refractivity contribution in [3.05, 3.63) is 29.3 Å². The molecule has 7 nitrogen and oxygen atoms in total. The number of aliphatic carboxylic acids is 1. The lowest BCUT2D eigenvalue weighted by Crippen LogP contribution is -2.47. The molecule has 3 saturated heterocycles. The van der Waals surface area contributed by atoms with Gasteiger partial charge in [0.15, 0.2) is 0 Å². The molecule has 0 unspecified atom stereocenters. The van der Waals surface area contributed by atoms with Crippen LogP contribution < -0.4 is 4.90 Å². The maximum Gasteiger partial charge on any atom is 0.416 e. The van der Waals surface area contributed by atoms with Crippen molar-refractivity contribution >= 4 is 17.6 Å². The summed E-state index contributed by atoms with van der Waals surface area (Å²) in [5.41, 5.74) is 0.336. The summed E-state index contributed by atoms with van der Waals surface area (Å²) in [6, 6.07) is 3.93. The van der Waals surface area contributed by atoms with E-state index in [4.69, 9.17) is 0 Å². The lowest BCUT2D eigenvalue weighted by molar-refractivity contribution is -0.142. The van der Waals surface area contributed by atoms with Gasteiger partial charge in [-0.05, 0) is 76.1 Å². The molecule has 3 aliphatic rings. The number of likely N-dealkylation sites (tertiary alicyclic amines) is 2. The van der Waals surface area contributed by atoms with Gasteiger partial charge in [0.2, 0.25) is 5.91 Å². The maximum absolute atomic E-state index is 13.5. The average molecular weight is 526 g/mol. The Hall–Kier alpha value is -2.33. The number of hydrogen-bond acceptors (Lipinski definition) is 5. The monoisotopic (exact) mass is 525 g/mol. The molecular weight excluding hydrogens is 487 g/mol. The third-order valence-corrected chi connectivity index (χ3v) is 8.57. The standard InChI is InChI=1S/C27H38F3N3O4/c1-26(2,17-34)33-14-9-20(16-33)24(35)32-12-5-18(6-13-32)22-4-3-21(27(28,29)30)15-23(22)31-10-7-19(8-11-31)25(36)37/h3-4,15,18-20,34H,5-14,16-17H2,1-2H3,(H,36,37)/t20-/m0/s1. The highest BCUT2D eigenvalue weighted by Gasteiger charge is 2.39. The highest BCUT2D eigenvalue weighted by Crippen LogP contribution is 2.40. The fourth-order valence-corrected chi connectivity index (χ4v) is 5.99. The Balaban J connectivity index is 1.44. The van der Waals surface area contributed by atoms with E-state index in [9.17, 15) is 33.0 Å². The molecule has 1 aromatic rings. The van der Waals surface area contributed by atoms with Crippen LogP contribution in [0.1, 0.15) is 63.0 Å². The molecule has 0 spiro atoms. The van der Waals surface area contributed by atoms with Gasteiger partial charge in [0.05, 0.1) is 24.0 Å². The quantitative estimate of drug-likeness (QED) is 0.588. The van der Waals surface area contributed by atoms with E-state index < -0.39 is 23.6 Å². The van der Waals surface area contributed by atoms with Crippen molar-refractivity contribution in [2.45, 2.75) is 63.6 Å². The summed E-state index contributed by atoms with van der Waals surface area (Å²) in [4.78, 5) is 30.5. The molecule has 4 rings (SSSR count). The number of aliphatic hydroxyl groups excluding tert-OH is 1. The number of aliphatic hydroxyl groups is 1. The Labute approximate surface area is 216 Å². The zero-order chi connectivity index (χ0) is 27.0. The van der Waals surface area contributed by atoms with Crippen LogP contribution in [0.3, 0.4) is 0 Å². The summed E-state index contributed by atoms with van der Waals surface area (Å²) in [5.74, 6) is -1.26. The number of alkyl halides is 3. The fourth-order valence-electron chi connectivity index (χ4n) is 5.99. The molecule has 37 heavy (non-hydrogen) atoms. The number of amides is 1. The van der Waals surface area contributed by atoms with Crippen molar-refractivity contribution in [2.75, 3.05) is 50.8 Å². The Morgan fingerprint density at radius 2 is 1.57 bits per heavy atom. The molecule has 3 aliphatic heterocycles. The smallest absolute Gasteiger partial charge is 0.416 e. The first-order valence-corrected chi connectivity index (χ1v) is 13.2. The van der Waals surface area contributed by atoms with Gasteiger partial charge in [-0.25, -0.2) is 0 Å². The van der Waals surface area contributed by atoms with E-state index in [0.717, 1.165) is 24.6 Å². The van der Waals surface area contributed by atoms with Crippen molar-refractivity contribution < 1.29 is 33.0 Å². The van der Waals surface area contributed by atoms with Crippen LogP contribution in [0.2, 0.25) is 0 Å². The van der Waals surface area contributed by atoms with Gasteiger partial charge in [0, 0.05) is 44.0 Å². The lowest BCUT2D eigenvalue weighted by Gasteiger charge is -2.38. The number of rotatable bonds is 6. The minimum absolute atomic E-state index is 0.0305. The van der Waals surface area contributed by atoms with Crippen LogP contribution >= 0.6 is 0 Å². The molecule has 0 radical (unpaired) electrons. The van der Waals surface area contributed by atoms with Gasteiger partial charge < -0.3 is 20.0 Å². The van der Waals surface area contributed by atoms with E-state index in [2.05, 4.69) is 4.90 Å². The topological polar surface area (TPSA) is 84.3 Å². The van der Waals surface area contributed by atoms with Crippen LogP contribution in [0, 0.1) is 11.8 Å². The van der Waals surface area contributed by atoms with Crippen molar-refractivity contribution in [3.63, 3.8) is 0 Å². The lowest BCUT2D eigenvalue weighted by atomic mass is 9.86. The molecule has 2 N–H and O–H groups in total. The molecular formula is C27H38F3N3O4. The zero-order valence-corrected chi connectivity index (χ0v) is 21.6. The number of benzene rings is 1. The van der Waals surface area contributed by atoms with Crippen molar-refractivity contribution in [2.24, 2.45) is 11.8 Å². The van der Waals surface area contributed by atoms with Crippen LogP contribution in [0.5, 0.6) is 0 Å². The number of nitrogens with zero attached hydrogens (tertiary/aromatic N) is 3. The van der Waals surface area contributed by atoms with Gasteiger partial charge in [-0.3, -0.25) is 14.5 Å². The number of carbonyl (C=O) groups excluding carboxylic acids is 1. The van der Waals surface area contributed by atoms with E-state index in [0.29, 0.717) is 64.1 Å². The summed E-state index contributed by atoms with van der Waals surface area (Å²) in [5, 5.41) is 19.0. The minimum atomic E-state index is -4.46. The third-order valence-electron chi connectivity index (χ3n) is 8.57. The zero-order valence-electron chi connectivity index (χ0n) is 21.6. The SMILES string of the molecule is CC(C)(CO)N1CC[C@H](C(=O)N2CCC(c3ccc(C(F)(F)F)cc3N3CCC(C(=O)O)CC3)CC2)C1. The first-order chi connectivity index (χ1) is 17.4. The molecule has 3 fully saturated rings. The van der Waals surface area contributed by atoms with Gasteiger partial charge in [0.1, 0.15) is 0 Å². The molecule has 206 valence electrons. The van der Waals surface area contributed by atoms with E-state index in [1.165, 1.54) is 6.07 Å². The highest BCUT2D eigenvalue weighted by atomic mass is 19.4. The summed E-state index contributed by atoms with van der Waals surface area (Å²) in [7, 11) is 0. The molecule has 0 bridgehead atoms. The molecule has 1 amide bonds. The number of carboxylic acids is 1. The Bertz CT molecular complexity index is 984. The molecule has 0 aliphatic carbocycles. The van der Waals surface area contributed by atoms with Crippen LogP contribution in [-0.4, -0.2) is 83.3 Å². The number of carboxylic acid groups (broad SMARTS) is 1. The van der Waals surface area contributed by atoms with Gasteiger partial charge in [0.25, 0.3) is 0 Å². The summed E-state index contributed by atoms with van der Waals surface area (Å²) < 4.78 is 40.6. The van der Waals surface area contributed by atoms with Gasteiger partial charge in [-0.15, -0.1) is 0 Å². The number of anilines is 1. The predicted octanol–water partition coefficient (Wildman–Crippen LogP) is 3.81. The Kier molecular flexibility index (Phi) is 8.09. The number of halogens is 3. The van der Waals surface area contributed by atoms with E-state index in [1.54, 1.807) is 6.07 Å². The van der Waals surface area contributed by atoms with Crippen LogP contribution in [0.4, 0.5) is 18.9 Å². The molecule has 10 heteroatoms. The number of piperidine rings is 2. The molecule has 1 atom stereocenters. The van der Waals surface area contributed by atoms with E-state index >= 15 is 0 Å². The summed E-state index contributed by atoms with van der Waals surface area (Å²) in [6.07, 6.45) is -1.53. The maximum atomic E-state index is 13.5. The minimum Gasteiger partial charge on any atom is -0.481 e. The van der Waals surface area contributed by atoms with Crippen LogP contribution in [-0.2, 0) is 15.8 Å². The fraction of sp³-hybridized carbons (Fsp3) is 0.704. The predicted molar refractivity (Wildman–Crippen MR) is 133 cm³/mol. The van der Waals surface area contributed by atoms with E-state index in [1.807, 2.05) is 23.6 Å². The third kappa shape index (κ3) is 6.06. The van der Waals surface area contributed by atoms with Gasteiger partial charge in [-0.2, -0.15) is 13.2 Å². The molecule has 0 saturated carbocycles. The van der Waals surface area contributed by atoms with E-state index in [-0.39, 0.29) is 29.9 Å². The largest absolute Gasteiger partial charge is 0.481 e.